The summed E-state index contributed by atoms with van der Waals surface area (Å²) in [5.41, 5.74) is 2.85. The summed E-state index contributed by atoms with van der Waals surface area (Å²) < 4.78 is 13.3. The lowest BCUT2D eigenvalue weighted by Crippen LogP contribution is -2.53. The van der Waals surface area contributed by atoms with Gasteiger partial charge < -0.3 is 19.3 Å². The van der Waals surface area contributed by atoms with E-state index in [0.29, 0.717) is 43.5 Å². The molecule has 3 amide bonds. The van der Waals surface area contributed by atoms with Crippen LogP contribution in [0.2, 0.25) is 0 Å². The monoisotopic (exact) mass is 605 g/mol. The van der Waals surface area contributed by atoms with Gasteiger partial charge >= 0.3 is 0 Å². The van der Waals surface area contributed by atoms with Crippen molar-refractivity contribution in [2.45, 2.75) is 38.5 Å². The Morgan fingerprint density at radius 1 is 0.977 bits per heavy atom. The quantitative estimate of drug-likeness (QED) is 0.416. The van der Waals surface area contributed by atoms with Crippen molar-refractivity contribution in [1.82, 2.24) is 19.6 Å². The first-order valence-corrected chi connectivity index (χ1v) is 15.4. The molecule has 10 nitrogen and oxygen atoms in total. The number of amides is 3. The minimum absolute atomic E-state index is 0.00186. The van der Waals surface area contributed by atoms with Gasteiger partial charge in [0.25, 0.3) is 0 Å². The molecule has 3 heterocycles. The fourth-order valence-corrected chi connectivity index (χ4v) is 6.80. The van der Waals surface area contributed by atoms with Crippen LogP contribution in [-0.4, -0.2) is 90.0 Å². The molecule has 2 aromatic carbocycles. The lowest BCUT2D eigenvalue weighted by Gasteiger charge is -2.35. The van der Waals surface area contributed by atoms with Crippen molar-refractivity contribution in [2.75, 3.05) is 57.6 Å². The van der Waals surface area contributed by atoms with Crippen LogP contribution >= 0.6 is 11.8 Å². The first-order chi connectivity index (χ1) is 20.5. The number of carbonyl (C=O) groups is 3. The van der Waals surface area contributed by atoms with Crippen LogP contribution in [0.25, 0.3) is 11.3 Å². The number of hydrogen-bond acceptors (Lipinski definition) is 7. The zero-order valence-electron chi connectivity index (χ0n) is 25.6. The van der Waals surface area contributed by atoms with E-state index in [1.165, 1.54) is 18.7 Å². The summed E-state index contributed by atoms with van der Waals surface area (Å²) in [7, 11) is 3.25. The predicted octanol–water partition coefficient (Wildman–Crippen LogP) is 4.18. The highest BCUT2D eigenvalue weighted by Crippen LogP contribution is 2.51. The summed E-state index contributed by atoms with van der Waals surface area (Å²) in [5, 5.41) is 4.81. The molecule has 11 heteroatoms. The van der Waals surface area contributed by atoms with E-state index >= 15 is 0 Å². The fourth-order valence-electron chi connectivity index (χ4n) is 5.59. The van der Waals surface area contributed by atoms with Gasteiger partial charge in [0.1, 0.15) is 23.9 Å². The maximum atomic E-state index is 14.0. The van der Waals surface area contributed by atoms with Crippen molar-refractivity contribution in [1.29, 1.82) is 0 Å². The number of ether oxygens (including phenoxy) is 2. The molecule has 228 valence electrons. The molecule has 43 heavy (non-hydrogen) atoms. The van der Waals surface area contributed by atoms with Gasteiger partial charge in [0.2, 0.25) is 17.7 Å². The maximum absolute atomic E-state index is 14.0. The third kappa shape index (κ3) is 6.08. The summed E-state index contributed by atoms with van der Waals surface area (Å²) in [6, 6.07) is 15.6. The molecule has 0 aliphatic carbocycles. The molecule has 0 spiro atoms. The Morgan fingerprint density at radius 2 is 1.65 bits per heavy atom. The largest absolute Gasteiger partial charge is 0.497 e. The van der Waals surface area contributed by atoms with Crippen LogP contribution in [0.4, 0.5) is 5.82 Å². The molecular formula is C32H39N5O5S. The van der Waals surface area contributed by atoms with Gasteiger partial charge in [-0.15, -0.1) is 11.8 Å². The molecule has 1 aromatic heterocycles. The van der Waals surface area contributed by atoms with Gasteiger partial charge in [-0.2, -0.15) is 5.10 Å². The van der Waals surface area contributed by atoms with Crippen LogP contribution in [0.3, 0.4) is 0 Å². The second-order valence-electron chi connectivity index (χ2n) is 11.7. The fraction of sp³-hybridized carbons (Fsp3) is 0.438. The van der Waals surface area contributed by atoms with E-state index in [1.807, 2.05) is 74.0 Å². The first-order valence-electron chi connectivity index (χ1n) is 14.4. The third-order valence-electron chi connectivity index (χ3n) is 7.86. The number of thioether (sulfide) groups is 1. The number of benzene rings is 2. The average Bonchev–Trinajstić information content (AvgIpc) is 3.35. The standard InChI is InChI=1S/C32H39N5O5S/c1-21(38)34-14-16-35(17-15-34)26(39)19-36-27(40)20-43-30(24-18-23(41-5)12-13-25(24)42-6)28-29(22-10-8-7-9-11-22)33-37(31(28)36)32(2,3)4/h7-13,18,30H,14-17,19-20H2,1-6H3/t30-/m0/s1. The van der Waals surface area contributed by atoms with E-state index in [-0.39, 0.29) is 35.3 Å². The highest BCUT2D eigenvalue weighted by atomic mass is 32.2. The molecule has 0 saturated carbocycles. The van der Waals surface area contributed by atoms with Crippen LogP contribution in [0.1, 0.15) is 44.1 Å². The van der Waals surface area contributed by atoms with E-state index in [1.54, 1.807) is 28.9 Å². The molecule has 2 aliphatic heterocycles. The zero-order chi connectivity index (χ0) is 30.9. The Morgan fingerprint density at radius 3 is 2.26 bits per heavy atom. The van der Waals surface area contributed by atoms with Crippen molar-refractivity contribution < 1.29 is 23.9 Å². The van der Waals surface area contributed by atoms with Gasteiger partial charge in [-0.25, -0.2) is 4.68 Å². The number of rotatable bonds is 6. The smallest absolute Gasteiger partial charge is 0.242 e. The maximum Gasteiger partial charge on any atom is 0.242 e. The molecule has 0 radical (unpaired) electrons. The van der Waals surface area contributed by atoms with Crippen LogP contribution in [0, 0.1) is 0 Å². The Hall–Kier alpha value is -3.99. The Labute approximate surface area is 256 Å². The molecule has 1 fully saturated rings. The lowest BCUT2D eigenvalue weighted by molar-refractivity contribution is -0.137. The van der Waals surface area contributed by atoms with E-state index in [0.717, 1.165) is 22.4 Å². The van der Waals surface area contributed by atoms with Crippen LogP contribution < -0.4 is 14.4 Å². The van der Waals surface area contributed by atoms with Gasteiger partial charge in [0.15, 0.2) is 0 Å². The summed E-state index contributed by atoms with van der Waals surface area (Å²) in [6.07, 6.45) is 0. The number of hydrogen-bond donors (Lipinski definition) is 0. The SMILES string of the molecule is COc1ccc(OC)c([C@@H]2SCC(=O)N(CC(=O)N3CCN(C(C)=O)CC3)c3c2c(-c2ccccc2)nn3C(C)(C)C)c1. The molecule has 0 N–H and O–H groups in total. The molecule has 5 rings (SSSR count). The third-order valence-corrected chi connectivity index (χ3v) is 9.10. The van der Waals surface area contributed by atoms with Crippen molar-refractivity contribution in [3.05, 3.63) is 59.7 Å². The predicted molar refractivity (Wildman–Crippen MR) is 168 cm³/mol. The molecule has 0 unspecified atom stereocenters. The first kappa shape index (κ1) is 30.5. The van der Waals surface area contributed by atoms with Crippen molar-refractivity contribution in [3.8, 4) is 22.8 Å². The number of fused-ring (bicyclic) bond motifs is 1. The molecule has 3 aromatic rings. The number of anilines is 1. The number of nitrogens with zero attached hydrogens (tertiary/aromatic N) is 5. The normalized spacial score (nSPS) is 17.4. The van der Waals surface area contributed by atoms with Crippen molar-refractivity contribution >= 4 is 35.3 Å². The van der Waals surface area contributed by atoms with Gasteiger partial charge in [0.05, 0.1) is 36.5 Å². The molecule has 0 bridgehead atoms. The van der Waals surface area contributed by atoms with E-state index in [2.05, 4.69) is 0 Å². The van der Waals surface area contributed by atoms with E-state index in [4.69, 9.17) is 14.6 Å². The van der Waals surface area contributed by atoms with Crippen LogP contribution in [0.15, 0.2) is 48.5 Å². The lowest BCUT2D eigenvalue weighted by atomic mass is 9.98. The number of methoxy groups -OCH3 is 2. The Balaban J connectivity index is 1.68. The second-order valence-corrected chi connectivity index (χ2v) is 12.8. The van der Waals surface area contributed by atoms with Gasteiger partial charge in [-0.05, 0) is 39.0 Å². The number of carbonyl (C=O) groups excluding carboxylic acids is 3. The van der Waals surface area contributed by atoms with Crippen molar-refractivity contribution in [2.24, 2.45) is 0 Å². The van der Waals surface area contributed by atoms with Gasteiger partial charge in [0, 0.05) is 49.8 Å². The Bertz CT molecular complexity index is 1510. The summed E-state index contributed by atoms with van der Waals surface area (Å²) in [6.45, 7) is 9.36. The zero-order valence-corrected chi connectivity index (χ0v) is 26.4. The number of aromatic nitrogens is 2. The Kier molecular flexibility index (Phi) is 8.73. The van der Waals surface area contributed by atoms with Crippen molar-refractivity contribution in [3.63, 3.8) is 0 Å². The van der Waals surface area contributed by atoms with E-state index < -0.39 is 5.54 Å². The van der Waals surface area contributed by atoms with Crippen LogP contribution in [-0.2, 0) is 19.9 Å². The second kappa shape index (κ2) is 12.3. The minimum Gasteiger partial charge on any atom is -0.497 e. The summed E-state index contributed by atoms with van der Waals surface area (Å²) in [5.74, 6) is 1.78. The number of piperazine rings is 1. The molecular weight excluding hydrogens is 566 g/mol. The molecule has 1 saturated heterocycles. The van der Waals surface area contributed by atoms with Gasteiger partial charge in [-0.3, -0.25) is 19.3 Å². The molecule has 1 atom stereocenters. The van der Waals surface area contributed by atoms with Gasteiger partial charge in [-0.1, -0.05) is 30.3 Å². The summed E-state index contributed by atoms with van der Waals surface area (Å²) >= 11 is 1.49. The highest BCUT2D eigenvalue weighted by molar-refractivity contribution is 8.00. The van der Waals surface area contributed by atoms with Crippen LogP contribution in [0.5, 0.6) is 11.5 Å². The molecule has 2 aliphatic rings. The highest BCUT2D eigenvalue weighted by Gasteiger charge is 2.41. The summed E-state index contributed by atoms with van der Waals surface area (Å²) in [4.78, 5) is 44.7. The van der Waals surface area contributed by atoms with E-state index in [9.17, 15) is 14.4 Å². The average molecular weight is 606 g/mol. The topological polar surface area (TPSA) is 97.2 Å². The minimum atomic E-state index is -0.510.